The molecule has 130 valence electrons. The number of rotatable bonds is 1. The molecule has 2 aromatic heterocycles. The molecule has 1 aliphatic rings. The summed E-state index contributed by atoms with van der Waals surface area (Å²) >= 11 is 0. The zero-order valence-electron chi connectivity index (χ0n) is 15.8. The minimum absolute atomic E-state index is 0.817. The summed E-state index contributed by atoms with van der Waals surface area (Å²) in [5.74, 6) is 1.76. The van der Waals surface area contributed by atoms with Crippen LogP contribution in [0, 0.1) is 6.92 Å². The molecular weight excluding hydrogens is 338 g/mol. The number of aryl methyl sites for hydroxylation is 2. The third-order valence-electron chi connectivity index (χ3n) is 5.43. The van der Waals surface area contributed by atoms with E-state index in [0.29, 0.717) is 0 Å². The second kappa shape index (κ2) is 4.98. The van der Waals surface area contributed by atoms with Crippen LogP contribution >= 0.6 is 0 Å². The van der Waals surface area contributed by atoms with Crippen LogP contribution in [0.1, 0.15) is 5.56 Å². The molecule has 3 heterocycles. The molecule has 4 aromatic rings. The van der Waals surface area contributed by atoms with Crippen molar-refractivity contribution in [1.82, 2.24) is 0 Å². The van der Waals surface area contributed by atoms with Gasteiger partial charge in [0.05, 0.1) is 19.0 Å². The highest BCUT2D eigenvalue weighted by Gasteiger charge is 2.33. The fourth-order valence-electron chi connectivity index (χ4n) is 3.98. The van der Waals surface area contributed by atoms with Gasteiger partial charge in [0.2, 0.25) is 5.75 Å². The molecule has 0 spiro atoms. The zero-order chi connectivity index (χ0) is 18.2. The van der Waals surface area contributed by atoms with Crippen LogP contribution in [0.25, 0.3) is 33.0 Å². The number of hydrogen-bond acceptors (Lipinski definition) is 2. The molecule has 0 radical (unpaired) electrons. The Morgan fingerprint density at radius 1 is 1.04 bits per heavy atom. The second-order valence-electron chi connectivity index (χ2n) is 8.30. The topological polar surface area (TPSA) is 26.2 Å². The van der Waals surface area contributed by atoms with Crippen molar-refractivity contribution in [3.05, 3.63) is 48.4 Å². The van der Waals surface area contributed by atoms with Crippen molar-refractivity contribution in [2.45, 2.75) is 26.6 Å². The Balaban J connectivity index is 1.93. The summed E-state index contributed by atoms with van der Waals surface area (Å²) in [5, 5.41) is 4.90. The first kappa shape index (κ1) is 15.6. The lowest BCUT2D eigenvalue weighted by Crippen LogP contribution is -2.37. The van der Waals surface area contributed by atoms with Gasteiger partial charge in [-0.2, -0.15) is 4.57 Å². The monoisotopic (exact) mass is 360 g/mol. The number of nitrogens with zero attached hydrogens (tertiary/aromatic N) is 1. The Morgan fingerprint density at radius 3 is 2.62 bits per heavy atom. The standard InChI is InChI=1S/C22H22NO2Si/c1-13-6-9-17-20-18(12-24-17)25-22-16-10-15(26(3,4)5)8-7-14(16)11-23(2)21(22)19(13)20/h6-12H,1-5H3/q+1. The van der Waals surface area contributed by atoms with Gasteiger partial charge in [-0.1, -0.05) is 43.0 Å². The van der Waals surface area contributed by atoms with Gasteiger partial charge in [0.25, 0.3) is 5.69 Å². The predicted octanol–water partition coefficient (Wildman–Crippen LogP) is 5.04. The van der Waals surface area contributed by atoms with E-state index in [1.54, 1.807) is 6.26 Å². The van der Waals surface area contributed by atoms with Crippen molar-refractivity contribution in [3.63, 3.8) is 0 Å². The highest BCUT2D eigenvalue weighted by Crippen LogP contribution is 2.49. The van der Waals surface area contributed by atoms with E-state index < -0.39 is 8.07 Å². The van der Waals surface area contributed by atoms with E-state index >= 15 is 0 Å². The summed E-state index contributed by atoms with van der Waals surface area (Å²) < 4.78 is 14.3. The molecular formula is C22H22NO2Si+. The first-order chi connectivity index (χ1) is 12.3. The summed E-state index contributed by atoms with van der Waals surface area (Å²) in [4.78, 5) is 0. The molecule has 0 amide bonds. The molecule has 0 aliphatic carbocycles. The van der Waals surface area contributed by atoms with Crippen LogP contribution in [-0.2, 0) is 7.05 Å². The lowest BCUT2D eigenvalue weighted by atomic mass is 9.96. The normalized spacial score (nSPS) is 13.1. The minimum atomic E-state index is -1.41. The largest absolute Gasteiger partial charge is 0.460 e. The summed E-state index contributed by atoms with van der Waals surface area (Å²) in [6.45, 7) is 9.29. The van der Waals surface area contributed by atoms with Gasteiger partial charge in [-0.3, -0.25) is 0 Å². The lowest BCUT2D eigenvalue weighted by molar-refractivity contribution is -0.659. The van der Waals surface area contributed by atoms with Crippen LogP contribution in [0.15, 0.2) is 47.2 Å². The van der Waals surface area contributed by atoms with E-state index in [4.69, 9.17) is 9.15 Å². The molecule has 0 saturated heterocycles. The Hall–Kier alpha value is -2.59. The lowest BCUT2D eigenvalue weighted by Gasteiger charge is -2.21. The quantitative estimate of drug-likeness (QED) is 0.309. The van der Waals surface area contributed by atoms with Gasteiger partial charge in [0.15, 0.2) is 11.9 Å². The van der Waals surface area contributed by atoms with Gasteiger partial charge in [-0.15, -0.1) is 0 Å². The predicted molar refractivity (Wildman–Crippen MR) is 108 cm³/mol. The number of furan rings is 1. The third-order valence-corrected chi connectivity index (χ3v) is 7.47. The highest BCUT2D eigenvalue weighted by atomic mass is 28.3. The highest BCUT2D eigenvalue weighted by molar-refractivity contribution is 6.88. The molecule has 5 rings (SSSR count). The summed E-state index contributed by atoms with van der Waals surface area (Å²) in [6, 6.07) is 11.0. The molecule has 1 aliphatic heterocycles. The van der Waals surface area contributed by atoms with Gasteiger partial charge in [0, 0.05) is 10.8 Å². The van der Waals surface area contributed by atoms with Crippen LogP contribution in [0.3, 0.4) is 0 Å². The molecule has 26 heavy (non-hydrogen) atoms. The van der Waals surface area contributed by atoms with Crippen molar-refractivity contribution in [2.24, 2.45) is 7.05 Å². The Labute approximate surface area is 153 Å². The van der Waals surface area contributed by atoms with Crippen LogP contribution in [0.2, 0.25) is 19.6 Å². The van der Waals surface area contributed by atoms with Crippen molar-refractivity contribution in [3.8, 4) is 22.8 Å². The molecule has 2 aromatic carbocycles. The maximum Gasteiger partial charge on any atom is 0.257 e. The Kier molecular flexibility index (Phi) is 3.00. The smallest absolute Gasteiger partial charge is 0.257 e. The Bertz CT molecular complexity index is 1210. The fraction of sp³-hybridized carbons (Fsp3) is 0.227. The van der Waals surface area contributed by atoms with Crippen LogP contribution in [0.4, 0.5) is 0 Å². The van der Waals surface area contributed by atoms with Gasteiger partial charge < -0.3 is 9.15 Å². The summed E-state index contributed by atoms with van der Waals surface area (Å²) in [7, 11) is 0.686. The number of aromatic nitrogens is 1. The van der Waals surface area contributed by atoms with Crippen LogP contribution < -0.4 is 14.5 Å². The minimum Gasteiger partial charge on any atom is -0.460 e. The van der Waals surface area contributed by atoms with Crippen molar-refractivity contribution in [1.29, 1.82) is 0 Å². The van der Waals surface area contributed by atoms with Crippen LogP contribution in [-0.4, -0.2) is 8.07 Å². The molecule has 4 heteroatoms. The van der Waals surface area contributed by atoms with E-state index in [-0.39, 0.29) is 0 Å². The fourth-order valence-corrected chi connectivity index (χ4v) is 5.14. The first-order valence-electron chi connectivity index (χ1n) is 9.00. The Morgan fingerprint density at radius 2 is 1.85 bits per heavy atom. The maximum atomic E-state index is 6.41. The van der Waals surface area contributed by atoms with Gasteiger partial charge >= 0.3 is 0 Å². The van der Waals surface area contributed by atoms with Gasteiger partial charge in [-0.25, -0.2) is 0 Å². The molecule has 0 atom stereocenters. The van der Waals surface area contributed by atoms with E-state index in [9.17, 15) is 0 Å². The zero-order valence-corrected chi connectivity index (χ0v) is 16.8. The first-order valence-corrected chi connectivity index (χ1v) is 12.5. The number of benzene rings is 2. The number of ether oxygens (including phenoxy) is 1. The molecule has 0 N–H and O–H groups in total. The maximum absolute atomic E-state index is 6.41. The molecule has 0 fully saturated rings. The van der Waals surface area contributed by atoms with E-state index in [1.807, 2.05) is 6.07 Å². The second-order valence-corrected chi connectivity index (χ2v) is 13.4. The van der Waals surface area contributed by atoms with Crippen molar-refractivity contribution < 1.29 is 13.7 Å². The van der Waals surface area contributed by atoms with Gasteiger partial charge in [-0.05, 0) is 24.6 Å². The molecule has 3 nitrogen and oxygen atoms in total. The van der Waals surface area contributed by atoms with Crippen molar-refractivity contribution >= 4 is 35.0 Å². The van der Waals surface area contributed by atoms with Gasteiger partial charge in [0.1, 0.15) is 18.9 Å². The molecule has 0 unspecified atom stereocenters. The number of hydrogen-bond donors (Lipinski definition) is 0. The third kappa shape index (κ3) is 2.02. The van der Waals surface area contributed by atoms with Crippen LogP contribution in [0.5, 0.6) is 11.5 Å². The number of pyridine rings is 1. The van der Waals surface area contributed by atoms with E-state index in [1.165, 1.54) is 27.1 Å². The van der Waals surface area contributed by atoms with E-state index in [2.05, 4.69) is 68.6 Å². The molecule has 0 saturated carbocycles. The number of fused-ring (bicyclic) bond motifs is 4. The van der Waals surface area contributed by atoms with E-state index in [0.717, 1.165) is 28.2 Å². The average Bonchev–Trinajstić information content (AvgIpc) is 3.00. The summed E-state index contributed by atoms with van der Waals surface area (Å²) in [6.07, 6.45) is 3.94. The SMILES string of the molecule is Cc1ccc2occ3c2c1-c1c(c2cc([Si](C)(C)C)ccc2c[n+]1C)O3. The average molecular weight is 361 g/mol. The molecule has 0 bridgehead atoms. The van der Waals surface area contributed by atoms with Crippen molar-refractivity contribution in [2.75, 3.05) is 0 Å². The summed E-state index contributed by atoms with van der Waals surface area (Å²) in [5.41, 5.74) is 4.46.